The fourth-order valence-electron chi connectivity index (χ4n) is 4.37. The SMILES string of the molecule is CCOc1cc(C2C(=C(O)c3ccc(C)cc3)C(=O)C(=O)N2CCCN(C)C)ccc1OCCC(C)C. The van der Waals surface area contributed by atoms with Gasteiger partial charge in [0.25, 0.3) is 11.7 Å². The van der Waals surface area contributed by atoms with E-state index in [1.54, 1.807) is 17.0 Å². The molecule has 1 fully saturated rings. The fourth-order valence-corrected chi connectivity index (χ4v) is 4.37. The van der Waals surface area contributed by atoms with E-state index in [2.05, 4.69) is 13.8 Å². The van der Waals surface area contributed by atoms with Crippen LogP contribution in [-0.2, 0) is 9.59 Å². The van der Waals surface area contributed by atoms with Crippen molar-refractivity contribution in [2.75, 3.05) is 40.4 Å². The molecule has 1 amide bonds. The predicted molar refractivity (Wildman–Crippen MR) is 146 cm³/mol. The maximum absolute atomic E-state index is 13.3. The number of nitrogens with zero attached hydrogens (tertiary/aromatic N) is 2. The van der Waals surface area contributed by atoms with Crippen molar-refractivity contribution >= 4 is 17.4 Å². The molecule has 1 aliphatic rings. The normalized spacial score (nSPS) is 17.2. The van der Waals surface area contributed by atoms with Gasteiger partial charge in [0.15, 0.2) is 11.5 Å². The Morgan fingerprint density at radius 1 is 1.05 bits per heavy atom. The molecule has 37 heavy (non-hydrogen) atoms. The highest BCUT2D eigenvalue weighted by atomic mass is 16.5. The van der Waals surface area contributed by atoms with Gasteiger partial charge in [-0.05, 0) is 70.9 Å². The van der Waals surface area contributed by atoms with Gasteiger partial charge in [-0.3, -0.25) is 9.59 Å². The summed E-state index contributed by atoms with van der Waals surface area (Å²) >= 11 is 0. The lowest BCUT2D eigenvalue weighted by atomic mass is 9.94. The number of likely N-dealkylation sites (tertiary alicyclic amines) is 1. The highest BCUT2D eigenvalue weighted by Gasteiger charge is 2.46. The summed E-state index contributed by atoms with van der Waals surface area (Å²) in [5.74, 6) is 0.232. The van der Waals surface area contributed by atoms with Crippen molar-refractivity contribution in [1.82, 2.24) is 9.80 Å². The van der Waals surface area contributed by atoms with Crippen LogP contribution in [0.3, 0.4) is 0 Å². The molecule has 7 nitrogen and oxygen atoms in total. The summed E-state index contributed by atoms with van der Waals surface area (Å²) in [7, 11) is 3.94. The van der Waals surface area contributed by atoms with Crippen LogP contribution in [0.15, 0.2) is 48.0 Å². The molecule has 3 rings (SSSR count). The van der Waals surface area contributed by atoms with Crippen LogP contribution in [0.1, 0.15) is 56.3 Å². The lowest BCUT2D eigenvalue weighted by Crippen LogP contribution is -2.32. The Morgan fingerprint density at radius 3 is 2.38 bits per heavy atom. The molecule has 1 N–H and O–H groups in total. The van der Waals surface area contributed by atoms with Gasteiger partial charge >= 0.3 is 0 Å². The molecule has 0 aromatic heterocycles. The summed E-state index contributed by atoms with van der Waals surface area (Å²) in [6.45, 7) is 10.3. The third kappa shape index (κ3) is 6.92. The zero-order valence-corrected chi connectivity index (χ0v) is 22.9. The van der Waals surface area contributed by atoms with Gasteiger partial charge in [0, 0.05) is 12.1 Å². The molecule has 0 radical (unpaired) electrons. The second-order valence-corrected chi connectivity index (χ2v) is 10.2. The Kier molecular flexibility index (Phi) is 9.75. The Bertz CT molecular complexity index is 1120. The van der Waals surface area contributed by atoms with Crippen LogP contribution in [0.25, 0.3) is 5.76 Å². The standard InChI is InChI=1S/C30H40N2O5/c1-7-36-25-19-23(13-14-24(25)37-18-15-20(2)3)27-26(28(33)22-11-9-21(4)10-12-22)29(34)30(35)32(27)17-8-16-31(5)6/h9-14,19-20,27,33H,7-8,15-18H2,1-6H3. The Hall–Kier alpha value is -3.32. The second-order valence-electron chi connectivity index (χ2n) is 10.2. The van der Waals surface area contributed by atoms with Crippen LogP contribution in [0, 0.1) is 12.8 Å². The van der Waals surface area contributed by atoms with E-state index in [0.717, 1.165) is 18.5 Å². The van der Waals surface area contributed by atoms with Crippen molar-refractivity contribution in [1.29, 1.82) is 0 Å². The van der Waals surface area contributed by atoms with Gasteiger partial charge in [0.1, 0.15) is 5.76 Å². The van der Waals surface area contributed by atoms with Gasteiger partial charge in [-0.1, -0.05) is 49.7 Å². The number of benzene rings is 2. The highest BCUT2D eigenvalue weighted by molar-refractivity contribution is 6.46. The first-order valence-electron chi connectivity index (χ1n) is 13.0. The molecule has 2 aromatic carbocycles. The van der Waals surface area contributed by atoms with Crippen LogP contribution >= 0.6 is 0 Å². The summed E-state index contributed by atoms with van der Waals surface area (Å²) in [5, 5.41) is 11.3. The molecule has 0 aliphatic carbocycles. The number of carbonyl (C=O) groups excluding carboxylic acids is 2. The lowest BCUT2D eigenvalue weighted by Gasteiger charge is -2.26. The monoisotopic (exact) mass is 508 g/mol. The zero-order chi connectivity index (χ0) is 27.1. The number of aliphatic hydroxyl groups is 1. The lowest BCUT2D eigenvalue weighted by molar-refractivity contribution is -0.139. The fraction of sp³-hybridized carbons (Fsp3) is 0.467. The Labute approximate surface area is 220 Å². The van der Waals surface area contributed by atoms with Gasteiger partial charge < -0.3 is 24.4 Å². The number of ether oxygens (including phenoxy) is 2. The van der Waals surface area contributed by atoms with Gasteiger partial charge in [-0.15, -0.1) is 0 Å². The summed E-state index contributed by atoms with van der Waals surface area (Å²) in [5.41, 5.74) is 2.32. The molecule has 2 aromatic rings. The average molecular weight is 509 g/mol. The van der Waals surface area contributed by atoms with E-state index in [0.29, 0.717) is 54.7 Å². The number of carbonyl (C=O) groups is 2. The van der Waals surface area contributed by atoms with Crippen molar-refractivity contribution in [2.24, 2.45) is 5.92 Å². The number of aliphatic hydroxyl groups excluding tert-OH is 1. The first-order chi connectivity index (χ1) is 17.6. The van der Waals surface area contributed by atoms with Gasteiger partial charge in [-0.2, -0.15) is 0 Å². The van der Waals surface area contributed by atoms with Crippen LogP contribution in [0.5, 0.6) is 11.5 Å². The third-order valence-corrected chi connectivity index (χ3v) is 6.41. The molecule has 1 heterocycles. The number of ketones is 1. The molecule has 1 atom stereocenters. The smallest absolute Gasteiger partial charge is 0.295 e. The minimum Gasteiger partial charge on any atom is -0.507 e. The molecular weight excluding hydrogens is 468 g/mol. The number of hydrogen-bond acceptors (Lipinski definition) is 6. The van der Waals surface area contributed by atoms with Crippen LogP contribution in [-0.4, -0.2) is 67.0 Å². The molecule has 1 aliphatic heterocycles. The zero-order valence-electron chi connectivity index (χ0n) is 22.9. The maximum Gasteiger partial charge on any atom is 0.295 e. The Balaban J connectivity index is 2.08. The quantitative estimate of drug-likeness (QED) is 0.241. The summed E-state index contributed by atoms with van der Waals surface area (Å²) < 4.78 is 11.9. The molecule has 0 bridgehead atoms. The van der Waals surface area contributed by atoms with Gasteiger partial charge in [0.05, 0.1) is 24.8 Å². The summed E-state index contributed by atoms with van der Waals surface area (Å²) in [6, 6.07) is 12.0. The molecule has 0 saturated carbocycles. The maximum atomic E-state index is 13.3. The van der Waals surface area contributed by atoms with E-state index >= 15 is 0 Å². The van der Waals surface area contributed by atoms with Crippen molar-refractivity contribution < 1.29 is 24.2 Å². The van der Waals surface area contributed by atoms with Crippen molar-refractivity contribution in [3.63, 3.8) is 0 Å². The van der Waals surface area contributed by atoms with E-state index in [4.69, 9.17) is 9.47 Å². The number of rotatable bonds is 12. The number of hydrogen-bond donors (Lipinski definition) is 1. The molecule has 0 spiro atoms. The van der Waals surface area contributed by atoms with Crippen molar-refractivity contribution in [3.8, 4) is 11.5 Å². The van der Waals surface area contributed by atoms with Gasteiger partial charge in [-0.25, -0.2) is 0 Å². The molecular formula is C30H40N2O5. The molecule has 7 heteroatoms. The number of Topliss-reactive ketones (excluding diaryl/α,β-unsaturated/α-hetero) is 1. The number of amides is 1. The summed E-state index contributed by atoms with van der Waals surface area (Å²) in [6.07, 6.45) is 1.60. The molecule has 1 saturated heterocycles. The number of aryl methyl sites for hydroxylation is 1. The highest BCUT2D eigenvalue weighted by Crippen LogP contribution is 2.42. The van der Waals surface area contributed by atoms with Gasteiger partial charge in [0.2, 0.25) is 0 Å². The minimum absolute atomic E-state index is 0.0923. The van der Waals surface area contributed by atoms with E-state index in [9.17, 15) is 14.7 Å². The molecule has 1 unspecified atom stereocenters. The van der Waals surface area contributed by atoms with E-state index in [1.807, 2.05) is 63.2 Å². The first kappa shape index (κ1) is 28.3. The first-order valence-corrected chi connectivity index (χ1v) is 13.0. The van der Waals surface area contributed by atoms with Crippen molar-refractivity contribution in [2.45, 2.75) is 46.6 Å². The Morgan fingerprint density at radius 2 is 1.76 bits per heavy atom. The topological polar surface area (TPSA) is 79.3 Å². The third-order valence-electron chi connectivity index (χ3n) is 6.41. The molecule has 200 valence electrons. The minimum atomic E-state index is -0.729. The average Bonchev–Trinajstić information content (AvgIpc) is 3.09. The van der Waals surface area contributed by atoms with Crippen LogP contribution in [0.2, 0.25) is 0 Å². The van der Waals surface area contributed by atoms with E-state index in [-0.39, 0.29) is 11.3 Å². The van der Waals surface area contributed by atoms with Crippen molar-refractivity contribution in [3.05, 3.63) is 64.7 Å². The van der Waals surface area contributed by atoms with Crippen LogP contribution in [0.4, 0.5) is 0 Å². The van der Waals surface area contributed by atoms with Crippen LogP contribution < -0.4 is 9.47 Å². The van der Waals surface area contributed by atoms with E-state index in [1.165, 1.54) is 0 Å². The predicted octanol–water partition coefficient (Wildman–Crippen LogP) is 5.19. The largest absolute Gasteiger partial charge is 0.507 e. The summed E-state index contributed by atoms with van der Waals surface area (Å²) in [4.78, 5) is 30.1. The van der Waals surface area contributed by atoms with E-state index < -0.39 is 17.7 Å². The second kappa shape index (κ2) is 12.8.